The lowest BCUT2D eigenvalue weighted by molar-refractivity contribution is -0.526. The van der Waals surface area contributed by atoms with Crippen molar-refractivity contribution in [2.75, 3.05) is 0 Å². The van der Waals surface area contributed by atoms with Crippen LogP contribution >= 0.6 is 0 Å². The molecule has 2 unspecified atom stereocenters. The van der Waals surface area contributed by atoms with Crippen LogP contribution in [0.25, 0.3) is 0 Å². The number of carbonyl (C=O) groups is 1. The maximum atomic E-state index is 11.2. The van der Waals surface area contributed by atoms with Gasteiger partial charge in [-0.15, -0.1) is 0 Å². The van der Waals surface area contributed by atoms with Crippen LogP contribution in [0.2, 0.25) is 0 Å². The molecule has 0 aromatic rings. The number of hydrogen-bond donors (Lipinski definition) is 1. The Labute approximate surface area is 91.1 Å². The summed E-state index contributed by atoms with van der Waals surface area (Å²) in [5.41, 5.74) is 5.14. The van der Waals surface area contributed by atoms with Crippen molar-refractivity contribution in [1.29, 1.82) is 0 Å². The maximum Gasteiger partial charge on any atom is 0.322 e. The molecule has 1 aliphatic heterocycles. The van der Waals surface area contributed by atoms with Crippen molar-refractivity contribution in [2.24, 2.45) is 16.6 Å². The Balaban J connectivity index is 2.20. The number of allylic oxidation sites excluding steroid dienone is 1. The zero-order valence-electron chi connectivity index (χ0n) is 8.41. The maximum absolute atomic E-state index is 11.2. The zero-order valence-corrected chi connectivity index (χ0v) is 8.41. The Morgan fingerprint density at radius 1 is 1.62 bits per heavy atom. The number of amides is 1. The Morgan fingerprint density at radius 3 is 2.81 bits per heavy atom. The average molecular weight is 225 g/mol. The lowest BCUT2D eigenvalue weighted by atomic mass is 10.0. The summed E-state index contributed by atoms with van der Waals surface area (Å²) in [6.07, 6.45) is 3.26. The van der Waals surface area contributed by atoms with E-state index in [-0.39, 0.29) is 11.9 Å². The molecule has 2 atom stereocenters. The number of aliphatic imine (C=N–C) groups is 1. The normalized spacial score (nSPS) is 28.4. The van der Waals surface area contributed by atoms with Crippen LogP contribution in [0.4, 0.5) is 0 Å². The summed E-state index contributed by atoms with van der Waals surface area (Å²) in [6.45, 7) is 0. The molecule has 1 heterocycles. The molecular formula is C9H11N3O4. The van der Waals surface area contributed by atoms with Gasteiger partial charge in [0.05, 0.1) is 6.10 Å². The topological polar surface area (TPSA) is 108 Å². The highest BCUT2D eigenvalue weighted by Crippen LogP contribution is 2.31. The smallest absolute Gasteiger partial charge is 0.322 e. The number of nitrogens with two attached hydrogens (primary N) is 1. The van der Waals surface area contributed by atoms with Gasteiger partial charge in [0.1, 0.15) is 5.76 Å². The van der Waals surface area contributed by atoms with Gasteiger partial charge in [0.15, 0.2) is 5.92 Å². The third kappa shape index (κ3) is 2.02. The van der Waals surface area contributed by atoms with E-state index >= 15 is 0 Å². The quantitative estimate of drug-likeness (QED) is 0.529. The van der Waals surface area contributed by atoms with E-state index in [2.05, 4.69) is 4.99 Å². The molecule has 0 spiro atoms. The predicted molar refractivity (Wildman–Crippen MR) is 54.1 cm³/mol. The number of hydrogen-bond acceptors (Lipinski definition) is 5. The minimum atomic E-state index is -1.36. The van der Waals surface area contributed by atoms with Crippen molar-refractivity contribution in [3.05, 3.63) is 21.9 Å². The second-order valence-corrected chi connectivity index (χ2v) is 3.76. The molecule has 2 rings (SSSR count). The molecule has 16 heavy (non-hydrogen) atoms. The molecule has 0 radical (unpaired) electrons. The molecule has 86 valence electrons. The Hall–Kier alpha value is -1.92. The van der Waals surface area contributed by atoms with Crippen LogP contribution in [0, 0.1) is 16.0 Å². The molecular weight excluding hydrogens is 214 g/mol. The van der Waals surface area contributed by atoms with E-state index in [1.165, 1.54) is 12.3 Å². The number of primary amides is 1. The molecule has 0 saturated heterocycles. The largest absolute Gasteiger partial charge is 0.493 e. The van der Waals surface area contributed by atoms with Gasteiger partial charge in [-0.2, -0.15) is 0 Å². The predicted octanol–water partition coefficient (Wildman–Crippen LogP) is -0.162. The van der Waals surface area contributed by atoms with Crippen LogP contribution in [0.1, 0.15) is 12.8 Å². The monoisotopic (exact) mass is 225 g/mol. The van der Waals surface area contributed by atoms with E-state index in [0.717, 1.165) is 12.8 Å². The number of carbonyl (C=O) groups excluding carboxylic acids is 1. The Kier molecular flexibility index (Phi) is 2.59. The van der Waals surface area contributed by atoms with Crippen LogP contribution in [0.15, 0.2) is 16.8 Å². The average Bonchev–Trinajstić information content (AvgIpc) is 3.00. The number of nitro groups is 1. The molecule has 2 aliphatic rings. The highest BCUT2D eigenvalue weighted by atomic mass is 16.6. The van der Waals surface area contributed by atoms with Gasteiger partial charge in [-0.3, -0.25) is 14.9 Å². The molecule has 1 saturated carbocycles. The van der Waals surface area contributed by atoms with Crippen molar-refractivity contribution < 1.29 is 14.5 Å². The third-order valence-electron chi connectivity index (χ3n) is 2.43. The molecule has 0 aromatic heterocycles. The number of rotatable bonds is 4. The summed E-state index contributed by atoms with van der Waals surface area (Å²) >= 11 is 0. The summed E-state index contributed by atoms with van der Waals surface area (Å²) in [4.78, 5) is 24.9. The van der Waals surface area contributed by atoms with Gasteiger partial charge in [-0.25, -0.2) is 4.99 Å². The minimum Gasteiger partial charge on any atom is -0.493 e. The van der Waals surface area contributed by atoms with Gasteiger partial charge in [-0.05, 0) is 18.9 Å². The van der Waals surface area contributed by atoms with E-state index in [1.807, 2.05) is 0 Å². The zero-order chi connectivity index (χ0) is 11.7. The molecule has 7 nitrogen and oxygen atoms in total. The van der Waals surface area contributed by atoms with Crippen molar-refractivity contribution >= 4 is 12.1 Å². The molecule has 1 amide bonds. The highest BCUT2D eigenvalue weighted by molar-refractivity contribution is 5.84. The second-order valence-electron chi connectivity index (χ2n) is 3.76. The first-order valence-corrected chi connectivity index (χ1v) is 4.92. The minimum absolute atomic E-state index is 0.0620. The summed E-state index contributed by atoms with van der Waals surface area (Å²) in [6, 6.07) is 0. The van der Waals surface area contributed by atoms with Gasteiger partial charge in [0, 0.05) is 11.1 Å². The van der Waals surface area contributed by atoms with Crippen LogP contribution in [-0.4, -0.2) is 29.3 Å². The third-order valence-corrected chi connectivity index (χ3v) is 2.43. The van der Waals surface area contributed by atoms with Crippen LogP contribution in [0.3, 0.4) is 0 Å². The number of ether oxygens (including phenoxy) is 1. The van der Waals surface area contributed by atoms with E-state index < -0.39 is 22.9 Å². The summed E-state index contributed by atoms with van der Waals surface area (Å²) < 4.78 is 5.42. The molecule has 2 N–H and O–H groups in total. The lowest BCUT2D eigenvalue weighted by Gasteiger charge is -2.20. The summed E-state index contributed by atoms with van der Waals surface area (Å²) in [7, 11) is 0. The fourth-order valence-electron chi connectivity index (χ4n) is 1.50. The van der Waals surface area contributed by atoms with Gasteiger partial charge < -0.3 is 10.5 Å². The van der Waals surface area contributed by atoms with Gasteiger partial charge in [0.25, 0.3) is 0 Å². The first kappa shape index (κ1) is 10.6. The number of dihydropyridines is 1. The first-order valence-electron chi connectivity index (χ1n) is 4.92. The second kappa shape index (κ2) is 3.92. The van der Waals surface area contributed by atoms with Crippen LogP contribution < -0.4 is 5.73 Å². The fourth-order valence-corrected chi connectivity index (χ4v) is 1.50. The molecule has 7 heteroatoms. The van der Waals surface area contributed by atoms with Crippen molar-refractivity contribution in [3.63, 3.8) is 0 Å². The highest BCUT2D eigenvalue weighted by Gasteiger charge is 2.42. The fraction of sp³-hybridized carbons (Fsp3) is 0.556. The Morgan fingerprint density at radius 2 is 2.31 bits per heavy atom. The van der Waals surface area contributed by atoms with E-state index in [1.54, 1.807) is 0 Å². The molecule has 0 bridgehead atoms. The van der Waals surface area contributed by atoms with E-state index in [0.29, 0.717) is 0 Å². The van der Waals surface area contributed by atoms with Crippen molar-refractivity contribution in [3.8, 4) is 0 Å². The molecule has 0 aromatic carbocycles. The Bertz CT molecular complexity index is 386. The summed E-state index contributed by atoms with van der Waals surface area (Å²) in [5, 5.41) is 10.7. The van der Waals surface area contributed by atoms with Gasteiger partial charge in [-0.1, -0.05) is 0 Å². The molecule has 1 aliphatic carbocycles. The molecule has 1 fully saturated rings. The first-order chi connectivity index (χ1) is 7.59. The van der Waals surface area contributed by atoms with E-state index in [9.17, 15) is 14.9 Å². The van der Waals surface area contributed by atoms with Gasteiger partial charge in [0.2, 0.25) is 5.91 Å². The summed E-state index contributed by atoms with van der Waals surface area (Å²) in [5.74, 6) is -1.63. The van der Waals surface area contributed by atoms with Gasteiger partial charge >= 0.3 is 6.17 Å². The van der Waals surface area contributed by atoms with Crippen LogP contribution in [0.5, 0.6) is 0 Å². The van der Waals surface area contributed by atoms with E-state index in [4.69, 9.17) is 10.5 Å². The van der Waals surface area contributed by atoms with Crippen molar-refractivity contribution in [1.82, 2.24) is 0 Å². The van der Waals surface area contributed by atoms with Crippen LogP contribution in [-0.2, 0) is 9.53 Å². The lowest BCUT2D eigenvalue weighted by Crippen LogP contribution is -2.40. The number of nitrogens with zero attached hydrogens (tertiary/aromatic N) is 2. The SMILES string of the molecule is NC(=O)C1C(OC2CC2)=CC=NC1[N+](=O)[O-]. The standard InChI is InChI=1S/C9H11N3O4/c10-8(13)7-6(16-5-1-2-5)3-4-11-9(7)12(14)15/h3-5,7,9H,1-2H2,(H2,10,13). The van der Waals surface area contributed by atoms with Crippen molar-refractivity contribution in [2.45, 2.75) is 25.1 Å².